The first-order valence-corrected chi connectivity index (χ1v) is 37.2. The number of anilines is 2. The molecule has 15 amide bonds. The Labute approximate surface area is 647 Å². The number of aliphatic hydroxyl groups excluding tert-OH is 1. The van der Waals surface area contributed by atoms with E-state index in [1.165, 1.54) is 72.7 Å². The van der Waals surface area contributed by atoms with Crippen molar-refractivity contribution in [2.45, 2.75) is 178 Å². The minimum atomic E-state index is -1.90. The molecule has 5 aromatic carbocycles. The third kappa shape index (κ3) is 26.8. The van der Waals surface area contributed by atoms with Crippen molar-refractivity contribution in [1.29, 1.82) is 0 Å². The summed E-state index contributed by atoms with van der Waals surface area (Å²) >= 11 is 6.26. The van der Waals surface area contributed by atoms with E-state index in [0.717, 1.165) is 10.8 Å². The van der Waals surface area contributed by atoms with Crippen molar-refractivity contribution in [3.8, 4) is 0 Å². The Bertz CT molecular complexity index is 4270. The number of unbranched alkanes of at least 4 members (excludes halogenated alkanes) is 1. The second-order valence-corrected chi connectivity index (χ2v) is 28.8. The molecule has 590 valence electrons. The lowest BCUT2D eigenvalue weighted by atomic mass is 9.99. The summed E-state index contributed by atoms with van der Waals surface area (Å²) in [5, 5.41) is 47.9. The van der Waals surface area contributed by atoms with E-state index in [-0.39, 0.29) is 68.3 Å². The van der Waals surface area contributed by atoms with Crippen molar-refractivity contribution in [1.82, 2.24) is 68.4 Å². The number of nitrogens with zero attached hydrogens (tertiary/aromatic N) is 2. The molecule has 3 heterocycles. The van der Waals surface area contributed by atoms with Crippen LogP contribution in [-0.2, 0) is 89.6 Å². The van der Waals surface area contributed by atoms with Crippen LogP contribution >= 0.6 is 11.6 Å². The highest BCUT2D eigenvalue weighted by molar-refractivity contribution is 6.30. The van der Waals surface area contributed by atoms with E-state index in [1.807, 2.05) is 70.2 Å². The van der Waals surface area contributed by atoms with Crippen LogP contribution in [0, 0.1) is 5.92 Å². The van der Waals surface area contributed by atoms with Gasteiger partial charge in [-0.05, 0) is 132 Å². The molecule has 0 unspecified atom stereocenters. The number of urea groups is 2. The maximum atomic E-state index is 15.4. The molecule has 2 saturated heterocycles. The highest BCUT2D eigenvalue weighted by Crippen LogP contribution is 2.22. The normalized spacial score (nSPS) is 16.1. The number of hydrogen-bond donors (Lipinski definition) is 15. The fourth-order valence-electron chi connectivity index (χ4n) is 12.9. The molecule has 1 aromatic heterocycles. The van der Waals surface area contributed by atoms with E-state index < -0.39 is 150 Å². The predicted octanol–water partition coefficient (Wildman–Crippen LogP) is 2.72. The largest absolute Gasteiger partial charge is 0.394 e. The third-order valence-electron chi connectivity index (χ3n) is 18.6. The summed E-state index contributed by atoms with van der Waals surface area (Å²) in [6.45, 7) is 8.67. The Kier molecular flexibility index (Phi) is 31.9. The van der Waals surface area contributed by atoms with Crippen LogP contribution in [0.15, 0.2) is 140 Å². The van der Waals surface area contributed by atoms with Gasteiger partial charge in [0.2, 0.25) is 65.0 Å². The molecule has 0 aliphatic carbocycles. The third-order valence-corrected chi connectivity index (χ3v) is 18.8. The van der Waals surface area contributed by atoms with Crippen LogP contribution in [-0.4, -0.2) is 184 Å². The lowest BCUT2D eigenvalue weighted by molar-refractivity contribution is -0.140. The van der Waals surface area contributed by atoms with E-state index in [0.29, 0.717) is 77.9 Å². The first-order chi connectivity index (χ1) is 53.1. The van der Waals surface area contributed by atoms with Crippen molar-refractivity contribution in [2.24, 2.45) is 11.7 Å². The van der Waals surface area contributed by atoms with E-state index in [1.54, 1.807) is 36.4 Å². The van der Waals surface area contributed by atoms with Gasteiger partial charge in [-0.2, -0.15) is 0 Å². The van der Waals surface area contributed by atoms with E-state index >= 15 is 9.59 Å². The zero-order chi connectivity index (χ0) is 80.3. The standard InChI is InChI=1S/C79H97ClN16O15/c1-45(2)34-60(70(102)87-59(16-8-9-32-83-46(3)4)77(109)96-33-11-15-58(96)43-97)88-72(104)63(37-50-22-29-57(30-23-50)86-78(81)110)90-74(106)64(38-49-20-27-56(28-21-49)85-69(101)66-41-68(100)95-79(111)94-66)92-76(108)67(44-98)93-75(107)65(40-52-12-10-31-82-42-52)91-73(105)62(36-48-18-25-55(80)26-19-48)89-71(103)61(84-47(5)99)39-51-17-24-53-13-6-7-14-54(53)35-51/h6-7,10,12-14,17-31,35,42-43,45-46,58-67,83,98H,8-9,11,15-16,32-34,36-41,44H2,1-5H3,(H,84,99)(H,85,101)(H,87,102)(H,88,104)(H,89,103)(H,90,106)(H,91,105)(H,92,108)(H,93,107)(H3,81,86,110)(H2,94,95,100,111)/t58-,59-,60-,61+,62+,63+,64-,65+,66-,67-/m0/s1. The van der Waals surface area contributed by atoms with Gasteiger partial charge in [0, 0.05) is 80.4 Å². The van der Waals surface area contributed by atoms with Crippen LogP contribution in [0.4, 0.5) is 21.0 Å². The Morgan fingerprint density at radius 1 is 0.577 bits per heavy atom. The Hall–Kier alpha value is -11.7. The molecule has 0 bridgehead atoms. The quantitative estimate of drug-likeness (QED) is 0.0195. The monoisotopic (exact) mass is 1540 g/mol. The van der Waals surface area contributed by atoms with E-state index in [9.17, 15) is 62.6 Å². The summed E-state index contributed by atoms with van der Waals surface area (Å²) < 4.78 is 0. The molecule has 0 spiro atoms. The zero-order valence-corrected chi connectivity index (χ0v) is 63.2. The molecule has 8 rings (SSSR count). The number of nitrogens with two attached hydrogens (primary N) is 1. The number of nitrogens with one attached hydrogen (secondary N) is 13. The van der Waals surface area contributed by atoms with E-state index in [2.05, 4.69) is 74.1 Å². The van der Waals surface area contributed by atoms with Gasteiger partial charge in [0.25, 0.3) is 0 Å². The van der Waals surface area contributed by atoms with Crippen molar-refractivity contribution >= 4 is 117 Å². The second kappa shape index (κ2) is 41.8. The van der Waals surface area contributed by atoms with Crippen LogP contribution in [0.5, 0.6) is 0 Å². The summed E-state index contributed by atoms with van der Waals surface area (Å²) in [6, 6.07) is 19.3. The zero-order valence-electron chi connectivity index (χ0n) is 62.4. The summed E-state index contributed by atoms with van der Waals surface area (Å²) in [5.74, 6) is -9.17. The number of aldehydes is 1. The van der Waals surface area contributed by atoms with Gasteiger partial charge >= 0.3 is 12.1 Å². The fraction of sp³-hybridized carbons (Fsp3) is 0.405. The number of primary amides is 1. The molecule has 6 aromatic rings. The van der Waals surface area contributed by atoms with Gasteiger partial charge in [-0.1, -0.05) is 124 Å². The molecule has 2 aliphatic heterocycles. The molecule has 0 radical (unpaired) electrons. The number of benzene rings is 5. The number of pyridine rings is 1. The van der Waals surface area contributed by atoms with E-state index in [4.69, 9.17) is 17.3 Å². The van der Waals surface area contributed by atoms with Crippen LogP contribution in [0.1, 0.15) is 107 Å². The number of amides is 15. The lowest BCUT2D eigenvalue weighted by Crippen LogP contribution is -2.61. The van der Waals surface area contributed by atoms with Crippen LogP contribution in [0.2, 0.25) is 5.02 Å². The number of aliphatic hydroxyl groups is 1. The highest BCUT2D eigenvalue weighted by atomic mass is 35.5. The number of fused-ring (bicyclic) bond motifs is 1. The highest BCUT2D eigenvalue weighted by Gasteiger charge is 2.39. The topological polar surface area (TPSA) is 458 Å². The van der Waals surface area contributed by atoms with Crippen LogP contribution < -0.4 is 74.9 Å². The molecule has 16 N–H and O–H groups in total. The molecule has 2 fully saturated rings. The average molecular weight is 1550 g/mol. The summed E-state index contributed by atoms with van der Waals surface area (Å²) in [7, 11) is 0. The van der Waals surface area contributed by atoms with Gasteiger partial charge in [0.05, 0.1) is 19.1 Å². The molecular weight excluding hydrogens is 1450 g/mol. The number of carbonyl (C=O) groups is 14. The predicted molar refractivity (Wildman–Crippen MR) is 413 cm³/mol. The van der Waals surface area contributed by atoms with Crippen molar-refractivity contribution in [3.63, 3.8) is 0 Å². The summed E-state index contributed by atoms with van der Waals surface area (Å²) in [6.07, 6.45) is 4.52. The maximum Gasteiger partial charge on any atom is 0.322 e. The maximum absolute atomic E-state index is 15.4. The number of hydrogen-bond acceptors (Lipinski definition) is 17. The van der Waals surface area contributed by atoms with Crippen molar-refractivity contribution < 1.29 is 72.2 Å². The first-order valence-electron chi connectivity index (χ1n) is 36.9. The summed E-state index contributed by atoms with van der Waals surface area (Å²) in [4.78, 5) is 199. The fourth-order valence-corrected chi connectivity index (χ4v) is 13.0. The lowest BCUT2D eigenvalue weighted by Gasteiger charge is -2.30. The minimum absolute atomic E-state index is 0.0138. The van der Waals surface area contributed by atoms with Crippen molar-refractivity contribution in [3.05, 3.63) is 173 Å². The summed E-state index contributed by atoms with van der Waals surface area (Å²) in [5.41, 5.74) is 8.20. The minimum Gasteiger partial charge on any atom is -0.394 e. The number of likely N-dealkylation sites (tertiary alicyclic amines) is 1. The molecule has 31 nitrogen and oxygen atoms in total. The number of imide groups is 1. The Morgan fingerprint density at radius 3 is 1.58 bits per heavy atom. The van der Waals surface area contributed by atoms with Crippen LogP contribution in [0.25, 0.3) is 10.8 Å². The second-order valence-electron chi connectivity index (χ2n) is 28.3. The molecule has 111 heavy (non-hydrogen) atoms. The van der Waals surface area contributed by atoms with Crippen molar-refractivity contribution in [2.75, 3.05) is 30.3 Å². The SMILES string of the molecule is CC(=O)N[C@H](Cc1ccc2ccccc2c1)C(=O)N[C@H](Cc1ccc(Cl)cc1)C(=O)N[C@H](Cc1cccnc1)C(=O)N[C@@H](CO)C(=O)N[C@@H](Cc1ccc(NC(=O)[C@@H]2CC(=O)NC(=O)N2)cc1)C(=O)N[C@H](Cc1ccc(NC(N)=O)cc1)C(=O)N[C@@H](CC(C)C)C(=O)N[C@@H](CCCCNC(C)C)C(=O)N1CCC[C@H]1C=O. The number of carbonyl (C=O) groups excluding carboxylic acids is 14. The molecular formula is C79H97ClN16O15. The molecule has 32 heteroatoms. The van der Waals surface area contributed by atoms with Gasteiger partial charge in [-0.3, -0.25) is 63.0 Å². The first kappa shape index (κ1) is 84.9. The van der Waals surface area contributed by atoms with Crippen LogP contribution in [0.3, 0.4) is 0 Å². The molecule has 10 atom stereocenters. The molecule has 2 aliphatic rings. The molecule has 0 saturated carbocycles. The van der Waals surface area contributed by atoms with Gasteiger partial charge < -0.3 is 84.3 Å². The average Bonchev–Trinajstić information content (AvgIpc) is 1.79. The van der Waals surface area contributed by atoms with Gasteiger partial charge in [0.15, 0.2) is 0 Å². The number of rotatable bonds is 39. The Balaban J connectivity index is 1.09. The van der Waals surface area contributed by atoms with Gasteiger partial charge in [-0.25, -0.2) is 9.59 Å². The van der Waals surface area contributed by atoms with Gasteiger partial charge in [-0.15, -0.1) is 0 Å². The number of halogens is 1. The van der Waals surface area contributed by atoms with Gasteiger partial charge in [0.1, 0.15) is 60.7 Å². The smallest absolute Gasteiger partial charge is 0.322 e. The Morgan fingerprint density at radius 2 is 1.06 bits per heavy atom. The number of aromatic nitrogens is 1.